The van der Waals surface area contributed by atoms with Crippen LogP contribution >= 0.6 is 0 Å². The van der Waals surface area contributed by atoms with E-state index >= 15 is 0 Å². The van der Waals surface area contributed by atoms with Crippen LogP contribution in [-0.2, 0) is 0 Å². The van der Waals surface area contributed by atoms with Crippen molar-refractivity contribution in [2.45, 2.75) is 50.6 Å². The van der Waals surface area contributed by atoms with Gasteiger partial charge in [-0.05, 0) is 25.7 Å². The third-order valence-electron chi connectivity index (χ3n) is 3.79. The fraction of sp³-hybridized carbons (Fsp3) is 1.00. The largest absolute Gasteiger partial charge is 0.327 e. The molecule has 0 saturated heterocycles. The first-order valence-corrected chi connectivity index (χ1v) is 4.77. The molecule has 0 aromatic heterocycles. The standard InChI is InChI=1S/C9H18N2/c10-7-3-1-5-9(7)6-2-4-8(9)11/h7-8H,1-6,10-11H2/t7-,8+,9-/m0/s1. The van der Waals surface area contributed by atoms with Gasteiger partial charge in [0.15, 0.2) is 0 Å². The van der Waals surface area contributed by atoms with Gasteiger partial charge in [0.1, 0.15) is 0 Å². The molecule has 3 atom stereocenters. The lowest BCUT2D eigenvalue weighted by molar-refractivity contribution is 0.235. The highest BCUT2D eigenvalue weighted by Crippen LogP contribution is 2.48. The van der Waals surface area contributed by atoms with E-state index in [0.29, 0.717) is 17.5 Å². The van der Waals surface area contributed by atoms with Crippen LogP contribution in [0, 0.1) is 5.41 Å². The molecule has 2 heteroatoms. The monoisotopic (exact) mass is 154 g/mol. The van der Waals surface area contributed by atoms with Gasteiger partial charge in [0, 0.05) is 17.5 Å². The Morgan fingerprint density at radius 1 is 0.909 bits per heavy atom. The molecule has 2 saturated carbocycles. The smallest absolute Gasteiger partial charge is 0.0110 e. The number of rotatable bonds is 0. The Labute approximate surface area is 68.3 Å². The molecule has 2 nitrogen and oxygen atoms in total. The molecule has 1 spiro atoms. The van der Waals surface area contributed by atoms with Gasteiger partial charge >= 0.3 is 0 Å². The lowest BCUT2D eigenvalue weighted by atomic mass is 9.78. The quantitative estimate of drug-likeness (QED) is 0.547. The molecular formula is C9H18N2. The van der Waals surface area contributed by atoms with Gasteiger partial charge in [0.25, 0.3) is 0 Å². The van der Waals surface area contributed by atoms with E-state index in [1.165, 1.54) is 38.5 Å². The number of hydrogen-bond donors (Lipinski definition) is 2. The predicted molar refractivity (Wildman–Crippen MR) is 46.1 cm³/mol. The Kier molecular flexibility index (Phi) is 1.69. The van der Waals surface area contributed by atoms with Crippen LogP contribution in [0.5, 0.6) is 0 Å². The molecule has 0 amide bonds. The summed E-state index contributed by atoms with van der Waals surface area (Å²) in [5, 5.41) is 0. The molecule has 0 aromatic carbocycles. The molecule has 0 unspecified atom stereocenters. The fourth-order valence-electron chi connectivity index (χ4n) is 3.02. The van der Waals surface area contributed by atoms with E-state index in [1.807, 2.05) is 0 Å². The summed E-state index contributed by atoms with van der Waals surface area (Å²) >= 11 is 0. The van der Waals surface area contributed by atoms with Crippen molar-refractivity contribution in [1.82, 2.24) is 0 Å². The van der Waals surface area contributed by atoms with Gasteiger partial charge in [-0.3, -0.25) is 0 Å². The third kappa shape index (κ3) is 0.926. The van der Waals surface area contributed by atoms with Gasteiger partial charge in [-0.1, -0.05) is 12.8 Å². The van der Waals surface area contributed by atoms with Crippen LogP contribution in [0.4, 0.5) is 0 Å². The second-order valence-electron chi connectivity index (χ2n) is 4.23. The Morgan fingerprint density at radius 3 is 1.64 bits per heavy atom. The molecule has 2 rings (SSSR count). The third-order valence-corrected chi connectivity index (χ3v) is 3.79. The van der Waals surface area contributed by atoms with E-state index in [1.54, 1.807) is 0 Å². The fourth-order valence-corrected chi connectivity index (χ4v) is 3.02. The minimum atomic E-state index is 0.361. The van der Waals surface area contributed by atoms with Gasteiger partial charge in [-0.2, -0.15) is 0 Å². The van der Waals surface area contributed by atoms with Crippen molar-refractivity contribution < 1.29 is 0 Å². The van der Waals surface area contributed by atoms with Crippen molar-refractivity contribution in [3.8, 4) is 0 Å². The predicted octanol–water partition coefficient (Wildman–Crippen LogP) is 0.995. The maximum Gasteiger partial charge on any atom is 0.0110 e. The minimum Gasteiger partial charge on any atom is -0.327 e. The van der Waals surface area contributed by atoms with Gasteiger partial charge in [-0.25, -0.2) is 0 Å². The summed E-state index contributed by atoms with van der Waals surface area (Å²) in [7, 11) is 0. The summed E-state index contributed by atoms with van der Waals surface area (Å²) in [4.78, 5) is 0. The highest BCUT2D eigenvalue weighted by molar-refractivity contribution is 5.04. The van der Waals surface area contributed by atoms with Crippen molar-refractivity contribution in [2.75, 3.05) is 0 Å². The van der Waals surface area contributed by atoms with Crippen LogP contribution in [0.15, 0.2) is 0 Å². The van der Waals surface area contributed by atoms with Crippen molar-refractivity contribution in [3.05, 3.63) is 0 Å². The Hall–Kier alpha value is -0.0800. The maximum absolute atomic E-state index is 6.09. The van der Waals surface area contributed by atoms with Gasteiger partial charge < -0.3 is 11.5 Å². The van der Waals surface area contributed by atoms with E-state index in [2.05, 4.69) is 0 Å². The van der Waals surface area contributed by atoms with Crippen molar-refractivity contribution in [1.29, 1.82) is 0 Å². The average Bonchev–Trinajstić information content (AvgIpc) is 2.48. The molecule has 4 N–H and O–H groups in total. The summed E-state index contributed by atoms with van der Waals surface area (Å²) in [6, 6.07) is 0.806. The van der Waals surface area contributed by atoms with Crippen LogP contribution in [-0.4, -0.2) is 12.1 Å². The first kappa shape index (κ1) is 7.56. The highest BCUT2D eigenvalue weighted by Gasteiger charge is 2.47. The normalized spacial score (nSPS) is 50.7. The maximum atomic E-state index is 6.09. The zero-order valence-electron chi connectivity index (χ0n) is 7.05. The molecular weight excluding hydrogens is 136 g/mol. The molecule has 2 aliphatic carbocycles. The molecule has 0 heterocycles. The van der Waals surface area contributed by atoms with Crippen LogP contribution in [0.2, 0.25) is 0 Å². The summed E-state index contributed by atoms with van der Waals surface area (Å²) in [6.07, 6.45) is 7.58. The Morgan fingerprint density at radius 2 is 1.36 bits per heavy atom. The molecule has 2 fully saturated rings. The molecule has 0 aromatic rings. The van der Waals surface area contributed by atoms with Gasteiger partial charge in [0.2, 0.25) is 0 Å². The van der Waals surface area contributed by atoms with Crippen LogP contribution < -0.4 is 11.5 Å². The SMILES string of the molecule is N[C@@H]1CCC[C@]12CCC[C@@H]2N. The summed E-state index contributed by atoms with van der Waals surface area (Å²) in [6.45, 7) is 0. The van der Waals surface area contributed by atoms with E-state index in [9.17, 15) is 0 Å². The van der Waals surface area contributed by atoms with E-state index in [0.717, 1.165) is 0 Å². The van der Waals surface area contributed by atoms with E-state index in [-0.39, 0.29) is 0 Å². The van der Waals surface area contributed by atoms with Crippen LogP contribution in [0.1, 0.15) is 38.5 Å². The van der Waals surface area contributed by atoms with E-state index in [4.69, 9.17) is 11.5 Å². The minimum absolute atomic E-state index is 0.361. The van der Waals surface area contributed by atoms with Crippen molar-refractivity contribution in [3.63, 3.8) is 0 Å². The summed E-state index contributed by atoms with van der Waals surface area (Å²) < 4.78 is 0. The topological polar surface area (TPSA) is 52.0 Å². The molecule has 0 aliphatic heterocycles. The highest BCUT2D eigenvalue weighted by atomic mass is 14.8. The molecule has 0 radical (unpaired) electrons. The number of hydrogen-bond acceptors (Lipinski definition) is 2. The second kappa shape index (κ2) is 2.46. The first-order valence-electron chi connectivity index (χ1n) is 4.77. The lowest BCUT2D eigenvalue weighted by Gasteiger charge is -2.33. The van der Waals surface area contributed by atoms with Gasteiger partial charge in [-0.15, -0.1) is 0 Å². The Bertz CT molecular complexity index is 138. The van der Waals surface area contributed by atoms with Crippen LogP contribution in [0.3, 0.4) is 0 Å². The van der Waals surface area contributed by atoms with Crippen molar-refractivity contribution >= 4 is 0 Å². The second-order valence-corrected chi connectivity index (χ2v) is 4.23. The summed E-state index contributed by atoms with van der Waals surface area (Å²) in [5.41, 5.74) is 12.5. The van der Waals surface area contributed by atoms with Crippen molar-refractivity contribution in [2.24, 2.45) is 16.9 Å². The summed E-state index contributed by atoms with van der Waals surface area (Å²) in [5.74, 6) is 0. The zero-order chi connectivity index (χ0) is 7.90. The molecule has 11 heavy (non-hydrogen) atoms. The Balaban J connectivity index is 2.19. The van der Waals surface area contributed by atoms with Crippen LogP contribution in [0.25, 0.3) is 0 Å². The zero-order valence-corrected chi connectivity index (χ0v) is 7.05. The van der Waals surface area contributed by atoms with Gasteiger partial charge in [0.05, 0.1) is 0 Å². The average molecular weight is 154 g/mol. The van der Waals surface area contributed by atoms with E-state index < -0.39 is 0 Å². The number of nitrogens with two attached hydrogens (primary N) is 2. The molecule has 2 aliphatic rings. The lowest BCUT2D eigenvalue weighted by Crippen LogP contribution is -2.46. The molecule has 64 valence electrons. The first-order chi connectivity index (χ1) is 5.26. The molecule has 0 bridgehead atoms.